The first-order valence-corrected chi connectivity index (χ1v) is 2.61. The maximum atomic E-state index is 10.2. The molecule has 1 unspecified atom stereocenters. The number of esters is 1. The third-order valence-electron chi connectivity index (χ3n) is 0.767. The van der Waals surface area contributed by atoms with E-state index in [2.05, 4.69) is 11.3 Å². The Labute approximate surface area is 53.9 Å². The summed E-state index contributed by atoms with van der Waals surface area (Å²) in [6.45, 7) is 4.19. The molecule has 0 bridgehead atoms. The van der Waals surface area contributed by atoms with Gasteiger partial charge in [-0.05, 0) is 6.92 Å². The van der Waals surface area contributed by atoms with Crippen molar-refractivity contribution in [3.05, 3.63) is 12.7 Å². The van der Waals surface area contributed by atoms with Crippen LogP contribution >= 0.6 is 0 Å². The van der Waals surface area contributed by atoms with Crippen molar-refractivity contribution >= 4 is 5.97 Å². The van der Waals surface area contributed by atoms with E-state index >= 15 is 0 Å². The van der Waals surface area contributed by atoms with Crippen molar-refractivity contribution in [1.29, 1.82) is 0 Å². The largest absolute Gasteiger partial charge is 0.457 e. The van der Waals surface area contributed by atoms with Crippen LogP contribution in [0.2, 0.25) is 0 Å². The summed E-state index contributed by atoms with van der Waals surface area (Å²) in [5, 5.41) is 9.77. The third kappa shape index (κ3) is 3.73. The molecule has 0 aliphatic rings. The van der Waals surface area contributed by atoms with Crippen LogP contribution in [-0.2, 0) is 14.6 Å². The Morgan fingerprint density at radius 2 is 2.44 bits per heavy atom. The molecule has 0 saturated carbocycles. The molecule has 0 spiro atoms. The highest BCUT2D eigenvalue weighted by atomic mass is 16.6. The number of carbonyl (C=O) groups is 1. The highest BCUT2D eigenvalue weighted by Crippen LogP contribution is 1.90. The first kappa shape index (κ1) is 8.17. The van der Waals surface area contributed by atoms with Gasteiger partial charge < -0.3 is 4.74 Å². The Bertz CT molecular complexity index is 109. The molecule has 51 valence electrons. The Hall–Kier alpha value is -0.830. The Balaban J connectivity index is 3.46. The molecule has 0 aromatic carbocycles. The van der Waals surface area contributed by atoms with Crippen LogP contribution in [0.5, 0.6) is 0 Å². The van der Waals surface area contributed by atoms with Crippen LogP contribution in [0.1, 0.15) is 6.92 Å². The molecule has 0 rings (SSSR count). The molecule has 0 fully saturated rings. The SMILES string of the molecule is C=CC(C)OC(=O)C[O]. The quantitative estimate of drug-likeness (QED) is 0.412. The maximum absolute atomic E-state index is 10.2. The molecule has 0 N–H and O–H groups in total. The van der Waals surface area contributed by atoms with Crippen molar-refractivity contribution in [3.63, 3.8) is 0 Å². The van der Waals surface area contributed by atoms with Crippen LogP contribution in [0.25, 0.3) is 0 Å². The number of ether oxygens (including phenoxy) is 1. The number of rotatable bonds is 3. The van der Waals surface area contributed by atoms with Gasteiger partial charge in [-0.3, -0.25) is 0 Å². The molecule has 1 radical (unpaired) electrons. The highest BCUT2D eigenvalue weighted by Gasteiger charge is 2.03. The average Bonchev–Trinajstić information content (AvgIpc) is 1.87. The zero-order valence-electron chi connectivity index (χ0n) is 5.29. The van der Waals surface area contributed by atoms with Crippen molar-refractivity contribution in [2.24, 2.45) is 0 Å². The first-order valence-electron chi connectivity index (χ1n) is 2.61. The first-order chi connectivity index (χ1) is 4.20. The van der Waals surface area contributed by atoms with Crippen LogP contribution in [-0.4, -0.2) is 18.7 Å². The number of hydrogen-bond acceptors (Lipinski definition) is 2. The minimum Gasteiger partial charge on any atom is -0.457 e. The van der Waals surface area contributed by atoms with Gasteiger partial charge in [0.1, 0.15) is 6.10 Å². The normalized spacial score (nSPS) is 12.2. The summed E-state index contributed by atoms with van der Waals surface area (Å²) in [6, 6.07) is 0. The smallest absolute Gasteiger partial charge is 0.336 e. The fourth-order valence-electron chi connectivity index (χ4n) is 0.289. The second-order valence-corrected chi connectivity index (χ2v) is 1.58. The van der Waals surface area contributed by atoms with E-state index < -0.39 is 12.6 Å². The number of carbonyl (C=O) groups excluding carboxylic acids is 1. The lowest BCUT2D eigenvalue weighted by molar-refractivity contribution is -0.151. The fraction of sp³-hybridized carbons (Fsp3) is 0.500. The van der Waals surface area contributed by atoms with Crippen molar-refractivity contribution in [2.45, 2.75) is 13.0 Å². The Morgan fingerprint density at radius 3 is 2.78 bits per heavy atom. The van der Waals surface area contributed by atoms with Gasteiger partial charge in [0.25, 0.3) is 0 Å². The van der Waals surface area contributed by atoms with E-state index in [1.165, 1.54) is 6.08 Å². The average molecular weight is 129 g/mol. The Kier molecular flexibility index (Phi) is 3.71. The molecule has 0 saturated heterocycles. The molecule has 0 heterocycles. The Morgan fingerprint density at radius 1 is 1.89 bits per heavy atom. The lowest BCUT2D eigenvalue weighted by Gasteiger charge is -2.04. The van der Waals surface area contributed by atoms with Gasteiger partial charge in [0.15, 0.2) is 6.61 Å². The van der Waals surface area contributed by atoms with Gasteiger partial charge in [-0.15, -0.1) is 0 Å². The molecular weight excluding hydrogens is 120 g/mol. The van der Waals surface area contributed by atoms with Gasteiger partial charge >= 0.3 is 5.97 Å². The van der Waals surface area contributed by atoms with Gasteiger partial charge in [0.2, 0.25) is 0 Å². The molecule has 0 amide bonds. The predicted molar refractivity (Wildman–Crippen MR) is 31.3 cm³/mol. The second-order valence-electron chi connectivity index (χ2n) is 1.58. The minimum atomic E-state index is -0.821. The van der Waals surface area contributed by atoms with E-state index in [9.17, 15) is 9.90 Å². The molecule has 0 aromatic heterocycles. The van der Waals surface area contributed by atoms with Gasteiger partial charge in [0.05, 0.1) is 0 Å². The summed E-state index contributed by atoms with van der Waals surface area (Å²) in [5.41, 5.74) is 0. The van der Waals surface area contributed by atoms with Crippen LogP contribution < -0.4 is 0 Å². The topological polar surface area (TPSA) is 46.2 Å². The van der Waals surface area contributed by atoms with E-state index in [0.29, 0.717) is 0 Å². The van der Waals surface area contributed by atoms with E-state index in [4.69, 9.17) is 0 Å². The van der Waals surface area contributed by atoms with Crippen LogP contribution in [0.3, 0.4) is 0 Å². The van der Waals surface area contributed by atoms with E-state index in [1.807, 2.05) is 0 Å². The second kappa shape index (κ2) is 4.09. The van der Waals surface area contributed by atoms with Crippen LogP contribution in [0, 0.1) is 0 Å². The lowest BCUT2D eigenvalue weighted by atomic mass is 10.4. The molecule has 0 aliphatic heterocycles. The predicted octanol–water partition coefficient (Wildman–Crippen LogP) is 0.535. The molecule has 9 heavy (non-hydrogen) atoms. The van der Waals surface area contributed by atoms with Crippen molar-refractivity contribution in [3.8, 4) is 0 Å². The standard InChI is InChI=1S/C6H9O3/c1-3-5(2)9-6(8)4-7/h3,5H,1,4H2,2H3. The summed E-state index contributed by atoms with van der Waals surface area (Å²) in [5.74, 6) is -0.734. The monoisotopic (exact) mass is 129 g/mol. The van der Waals surface area contributed by atoms with Crippen molar-refractivity contribution < 1.29 is 14.6 Å². The van der Waals surface area contributed by atoms with Gasteiger partial charge in [-0.25, -0.2) is 9.90 Å². The fourth-order valence-corrected chi connectivity index (χ4v) is 0.289. The van der Waals surface area contributed by atoms with E-state index in [-0.39, 0.29) is 6.10 Å². The highest BCUT2D eigenvalue weighted by molar-refractivity contribution is 5.70. The molecule has 1 atom stereocenters. The summed E-state index contributed by atoms with van der Waals surface area (Å²) < 4.78 is 4.48. The van der Waals surface area contributed by atoms with Gasteiger partial charge in [-0.2, -0.15) is 0 Å². The van der Waals surface area contributed by atoms with Crippen LogP contribution in [0.4, 0.5) is 0 Å². The zero-order valence-corrected chi connectivity index (χ0v) is 5.29. The van der Waals surface area contributed by atoms with Gasteiger partial charge in [0, 0.05) is 0 Å². The summed E-state index contributed by atoms with van der Waals surface area (Å²) >= 11 is 0. The summed E-state index contributed by atoms with van der Waals surface area (Å²) in [7, 11) is 0. The molecule has 3 nitrogen and oxygen atoms in total. The lowest BCUT2D eigenvalue weighted by Crippen LogP contribution is -2.14. The zero-order chi connectivity index (χ0) is 7.28. The van der Waals surface area contributed by atoms with Gasteiger partial charge in [-0.1, -0.05) is 12.7 Å². The maximum Gasteiger partial charge on any atom is 0.336 e. The molecule has 0 aliphatic carbocycles. The van der Waals surface area contributed by atoms with Crippen molar-refractivity contribution in [2.75, 3.05) is 6.61 Å². The van der Waals surface area contributed by atoms with Crippen molar-refractivity contribution in [1.82, 2.24) is 0 Å². The molecule has 0 aromatic rings. The summed E-state index contributed by atoms with van der Waals surface area (Å²) in [4.78, 5) is 10.2. The third-order valence-corrected chi connectivity index (χ3v) is 0.767. The van der Waals surface area contributed by atoms with Crippen LogP contribution in [0.15, 0.2) is 12.7 Å². The summed E-state index contributed by atoms with van der Waals surface area (Å²) in [6.07, 6.45) is 1.10. The minimum absolute atomic E-state index is 0.355. The molecular formula is C6H9O3. The number of hydrogen-bond donors (Lipinski definition) is 0. The van der Waals surface area contributed by atoms with E-state index in [1.54, 1.807) is 6.92 Å². The molecule has 3 heteroatoms. The van der Waals surface area contributed by atoms with E-state index in [0.717, 1.165) is 0 Å².